The molecule has 2 aromatic rings. The SMILES string of the molecule is Cc1[nH]nc(-c2ccco2)c1CCC#N. The molecule has 0 aliphatic rings. The Morgan fingerprint density at radius 2 is 2.47 bits per heavy atom. The van der Waals surface area contributed by atoms with E-state index in [0.717, 1.165) is 22.7 Å². The van der Waals surface area contributed by atoms with Gasteiger partial charge in [0, 0.05) is 17.7 Å². The van der Waals surface area contributed by atoms with Crippen molar-refractivity contribution in [3.8, 4) is 17.5 Å². The van der Waals surface area contributed by atoms with Gasteiger partial charge in [-0.25, -0.2) is 0 Å². The lowest BCUT2D eigenvalue weighted by atomic mass is 10.1. The second-order valence-corrected chi connectivity index (χ2v) is 3.31. The number of aryl methyl sites for hydroxylation is 1. The molecular formula is C11H11N3O. The fourth-order valence-corrected chi connectivity index (χ4v) is 1.56. The Hall–Kier alpha value is -2.02. The molecule has 0 fully saturated rings. The van der Waals surface area contributed by atoms with E-state index in [1.165, 1.54) is 0 Å². The van der Waals surface area contributed by atoms with Gasteiger partial charge in [-0.2, -0.15) is 10.4 Å². The van der Waals surface area contributed by atoms with Gasteiger partial charge < -0.3 is 4.42 Å². The summed E-state index contributed by atoms with van der Waals surface area (Å²) >= 11 is 0. The molecule has 0 aliphatic carbocycles. The van der Waals surface area contributed by atoms with Gasteiger partial charge in [-0.15, -0.1) is 0 Å². The Morgan fingerprint density at radius 1 is 1.60 bits per heavy atom. The molecule has 76 valence electrons. The zero-order valence-corrected chi connectivity index (χ0v) is 8.45. The summed E-state index contributed by atoms with van der Waals surface area (Å²) in [5.74, 6) is 0.743. The molecule has 0 saturated carbocycles. The Bertz CT molecular complexity index is 476. The summed E-state index contributed by atoms with van der Waals surface area (Å²) in [5.41, 5.74) is 2.87. The number of aromatic nitrogens is 2. The summed E-state index contributed by atoms with van der Waals surface area (Å²) < 4.78 is 5.29. The first kappa shape index (κ1) is 9.53. The predicted molar refractivity (Wildman–Crippen MR) is 55.0 cm³/mol. The van der Waals surface area contributed by atoms with Crippen molar-refractivity contribution in [3.63, 3.8) is 0 Å². The highest BCUT2D eigenvalue weighted by Crippen LogP contribution is 2.24. The van der Waals surface area contributed by atoms with Gasteiger partial charge in [-0.1, -0.05) is 0 Å². The van der Waals surface area contributed by atoms with Gasteiger partial charge in [0.2, 0.25) is 0 Å². The van der Waals surface area contributed by atoms with E-state index in [1.807, 2.05) is 19.1 Å². The number of rotatable bonds is 3. The van der Waals surface area contributed by atoms with Crippen LogP contribution in [0.25, 0.3) is 11.5 Å². The maximum Gasteiger partial charge on any atom is 0.154 e. The lowest BCUT2D eigenvalue weighted by Crippen LogP contribution is -1.87. The third kappa shape index (κ3) is 1.77. The van der Waals surface area contributed by atoms with Crippen molar-refractivity contribution >= 4 is 0 Å². The van der Waals surface area contributed by atoms with Crippen LogP contribution in [0.4, 0.5) is 0 Å². The van der Waals surface area contributed by atoms with Gasteiger partial charge in [0.1, 0.15) is 5.69 Å². The number of H-pyrrole nitrogens is 1. The van der Waals surface area contributed by atoms with Crippen molar-refractivity contribution in [1.82, 2.24) is 10.2 Å². The third-order valence-electron chi connectivity index (χ3n) is 2.32. The molecule has 0 amide bonds. The van der Waals surface area contributed by atoms with E-state index in [9.17, 15) is 0 Å². The summed E-state index contributed by atoms with van der Waals surface area (Å²) in [4.78, 5) is 0. The van der Waals surface area contributed by atoms with Gasteiger partial charge >= 0.3 is 0 Å². The zero-order valence-electron chi connectivity index (χ0n) is 8.45. The van der Waals surface area contributed by atoms with E-state index in [-0.39, 0.29) is 0 Å². The zero-order chi connectivity index (χ0) is 10.7. The number of furan rings is 1. The standard InChI is InChI=1S/C11H11N3O/c1-8-9(4-2-6-12)11(14-13-8)10-5-3-7-15-10/h3,5,7H,2,4H2,1H3,(H,13,14). The first-order valence-corrected chi connectivity index (χ1v) is 4.77. The molecule has 2 heterocycles. The predicted octanol–water partition coefficient (Wildman–Crippen LogP) is 2.43. The number of nitrogens with one attached hydrogen (secondary N) is 1. The lowest BCUT2D eigenvalue weighted by molar-refractivity contribution is 0.579. The normalized spacial score (nSPS) is 10.1. The molecule has 0 spiro atoms. The van der Waals surface area contributed by atoms with Gasteiger partial charge in [-0.3, -0.25) is 5.10 Å². The van der Waals surface area contributed by atoms with E-state index in [4.69, 9.17) is 9.68 Å². The number of aromatic amines is 1. The van der Waals surface area contributed by atoms with Crippen LogP contribution in [0.5, 0.6) is 0 Å². The van der Waals surface area contributed by atoms with Crippen molar-refractivity contribution in [2.45, 2.75) is 19.8 Å². The molecule has 2 aromatic heterocycles. The van der Waals surface area contributed by atoms with Crippen LogP contribution < -0.4 is 0 Å². The van der Waals surface area contributed by atoms with Gasteiger partial charge in [-0.05, 0) is 25.5 Å². The molecule has 0 atom stereocenters. The smallest absolute Gasteiger partial charge is 0.154 e. The number of hydrogen-bond acceptors (Lipinski definition) is 3. The Balaban J connectivity index is 2.36. The number of nitriles is 1. The van der Waals surface area contributed by atoms with Crippen LogP contribution in [-0.4, -0.2) is 10.2 Å². The maximum atomic E-state index is 8.57. The second kappa shape index (κ2) is 4.01. The van der Waals surface area contributed by atoms with E-state index >= 15 is 0 Å². The first-order valence-electron chi connectivity index (χ1n) is 4.77. The molecule has 0 bridgehead atoms. The minimum Gasteiger partial charge on any atom is -0.463 e. The molecule has 0 saturated heterocycles. The highest BCUT2D eigenvalue weighted by Gasteiger charge is 2.13. The lowest BCUT2D eigenvalue weighted by Gasteiger charge is -1.97. The van der Waals surface area contributed by atoms with Crippen LogP contribution in [0.3, 0.4) is 0 Å². The van der Waals surface area contributed by atoms with Crippen LogP contribution >= 0.6 is 0 Å². The van der Waals surface area contributed by atoms with E-state index in [0.29, 0.717) is 12.8 Å². The van der Waals surface area contributed by atoms with Crippen molar-refractivity contribution in [3.05, 3.63) is 29.7 Å². The Kier molecular flexibility index (Phi) is 2.55. The van der Waals surface area contributed by atoms with E-state index in [2.05, 4.69) is 16.3 Å². The molecule has 0 aliphatic heterocycles. The number of hydrogen-bond donors (Lipinski definition) is 1. The summed E-state index contributed by atoms with van der Waals surface area (Å²) in [5, 5.41) is 15.7. The molecule has 1 N–H and O–H groups in total. The van der Waals surface area contributed by atoms with E-state index in [1.54, 1.807) is 6.26 Å². The average Bonchev–Trinajstić information content (AvgIpc) is 2.84. The van der Waals surface area contributed by atoms with Crippen LogP contribution in [0.1, 0.15) is 17.7 Å². The summed E-state index contributed by atoms with van der Waals surface area (Å²) in [6.07, 6.45) is 2.82. The summed E-state index contributed by atoms with van der Waals surface area (Å²) in [7, 11) is 0. The highest BCUT2D eigenvalue weighted by atomic mass is 16.3. The van der Waals surface area contributed by atoms with Crippen molar-refractivity contribution in [1.29, 1.82) is 5.26 Å². The van der Waals surface area contributed by atoms with Gasteiger partial charge in [0.25, 0.3) is 0 Å². The highest BCUT2D eigenvalue weighted by molar-refractivity contribution is 5.58. The van der Waals surface area contributed by atoms with Crippen LogP contribution in [-0.2, 0) is 6.42 Å². The topological polar surface area (TPSA) is 65.6 Å². The van der Waals surface area contributed by atoms with Crippen molar-refractivity contribution in [2.75, 3.05) is 0 Å². The first-order chi connectivity index (χ1) is 7.33. The largest absolute Gasteiger partial charge is 0.463 e. The molecule has 0 radical (unpaired) electrons. The van der Waals surface area contributed by atoms with Crippen LogP contribution in [0, 0.1) is 18.3 Å². The van der Waals surface area contributed by atoms with Gasteiger partial charge in [0.15, 0.2) is 5.76 Å². The summed E-state index contributed by atoms with van der Waals surface area (Å²) in [6, 6.07) is 5.83. The van der Waals surface area contributed by atoms with Gasteiger partial charge in [0.05, 0.1) is 12.3 Å². The van der Waals surface area contributed by atoms with Crippen LogP contribution in [0.2, 0.25) is 0 Å². The minimum atomic E-state index is 0.494. The molecular weight excluding hydrogens is 190 g/mol. The maximum absolute atomic E-state index is 8.57. The Labute approximate surface area is 87.5 Å². The molecule has 0 unspecified atom stereocenters. The molecule has 0 aromatic carbocycles. The van der Waals surface area contributed by atoms with E-state index < -0.39 is 0 Å². The third-order valence-corrected chi connectivity index (χ3v) is 2.32. The van der Waals surface area contributed by atoms with Crippen molar-refractivity contribution < 1.29 is 4.42 Å². The molecule has 15 heavy (non-hydrogen) atoms. The van der Waals surface area contributed by atoms with Crippen LogP contribution in [0.15, 0.2) is 22.8 Å². The van der Waals surface area contributed by atoms with Crippen molar-refractivity contribution in [2.24, 2.45) is 0 Å². The molecule has 4 heteroatoms. The summed E-state index contributed by atoms with van der Waals surface area (Å²) in [6.45, 7) is 1.95. The average molecular weight is 201 g/mol. The quantitative estimate of drug-likeness (QED) is 0.829. The Morgan fingerprint density at radius 3 is 3.13 bits per heavy atom. The molecule has 4 nitrogen and oxygen atoms in total. The second-order valence-electron chi connectivity index (χ2n) is 3.31. The monoisotopic (exact) mass is 201 g/mol. The number of nitrogens with zero attached hydrogens (tertiary/aromatic N) is 2. The fourth-order valence-electron chi connectivity index (χ4n) is 1.56. The fraction of sp³-hybridized carbons (Fsp3) is 0.273. The molecule has 2 rings (SSSR count). The minimum absolute atomic E-state index is 0.494.